The van der Waals surface area contributed by atoms with Crippen LogP contribution in [0, 0.1) is 11.3 Å². The van der Waals surface area contributed by atoms with Gasteiger partial charge in [0, 0.05) is 12.7 Å². The van der Waals surface area contributed by atoms with Crippen LogP contribution < -0.4 is 5.32 Å². The Kier molecular flexibility index (Phi) is 4.87. The van der Waals surface area contributed by atoms with E-state index in [9.17, 15) is 0 Å². The van der Waals surface area contributed by atoms with Crippen molar-refractivity contribution in [2.45, 2.75) is 6.42 Å². The van der Waals surface area contributed by atoms with E-state index in [4.69, 9.17) is 5.26 Å². The van der Waals surface area contributed by atoms with Gasteiger partial charge in [-0.15, -0.1) is 0 Å². The van der Waals surface area contributed by atoms with Crippen molar-refractivity contribution in [1.29, 1.82) is 5.26 Å². The fourth-order valence-electron chi connectivity index (χ4n) is 1.03. The lowest BCUT2D eigenvalue weighted by molar-refractivity contribution is 0.981. The van der Waals surface area contributed by atoms with Gasteiger partial charge < -0.3 is 5.32 Å². The number of nitrogens with one attached hydrogen (secondary N) is 1. The molecule has 1 aromatic rings. The molecule has 1 N–H and O–H groups in total. The highest BCUT2D eigenvalue weighted by Gasteiger charge is 1.94. The molecule has 0 aliphatic heterocycles. The molecule has 0 aromatic carbocycles. The molecule has 0 saturated heterocycles. The standard InChI is InChI=1S/C10H13N3S/c1-14-6-2-4-12-10-7-9(8-11)3-5-13-10/h3,5,7H,2,4,6H2,1H3,(H,12,13). The number of nitrogens with zero attached hydrogens (tertiary/aromatic N) is 2. The minimum Gasteiger partial charge on any atom is -0.370 e. The van der Waals surface area contributed by atoms with Gasteiger partial charge in [-0.25, -0.2) is 4.98 Å². The molecule has 74 valence electrons. The largest absolute Gasteiger partial charge is 0.370 e. The third-order valence-corrected chi connectivity index (χ3v) is 2.42. The van der Waals surface area contributed by atoms with Gasteiger partial charge in [-0.1, -0.05) is 0 Å². The van der Waals surface area contributed by atoms with E-state index in [1.807, 2.05) is 11.8 Å². The molecule has 0 unspecified atom stereocenters. The summed E-state index contributed by atoms with van der Waals surface area (Å²) in [6.45, 7) is 0.905. The number of anilines is 1. The predicted molar refractivity (Wildman–Crippen MR) is 60.4 cm³/mol. The average Bonchev–Trinajstić information content (AvgIpc) is 2.25. The van der Waals surface area contributed by atoms with E-state index >= 15 is 0 Å². The van der Waals surface area contributed by atoms with Crippen molar-refractivity contribution in [3.63, 3.8) is 0 Å². The smallest absolute Gasteiger partial charge is 0.127 e. The molecule has 0 aliphatic carbocycles. The molecular weight excluding hydrogens is 194 g/mol. The summed E-state index contributed by atoms with van der Waals surface area (Å²) in [4.78, 5) is 4.12. The fraction of sp³-hybridized carbons (Fsp3) is 0.400. The first-order valence-corrected chi connectivity index (χ1v) is 5.85. The normalized spacial score (nSPS) is 9.43. The number of pyridine rings is 1. The Morgan fingerprint density at radius 3 is 3.21 bits per heavy atom. The van der Waals surface area contributed by atoms with Gasteiger partial charge in [0.15, 0.2) is 0 Å². The zero-order valence-electron chi connectivity index (χ0n) is 8.16. The van der Waals surface area contributed by atoms with Crippen molar-refractivity contribution >= 4 is 17.6 Å². The van der Waals surface area contributed by atoms with Crippen molar-refractivity contribution in [2.75, 3.05) is 23.9 Å². The number of hydrogen-bond donors (Lipinski definition) is 1. The Morgan fingerprint density at radius 1 is 1.64 bits per heavy atom. The minimum absolute atomic E-state index is 0.646. The average molecular weight is 207 g/mol. The quantitative estimate of drug-likeness (QED) is 0.751. The van der Waals surface area contributed by atoms with Crippen LogP contribution in [0.5, 0.6) is 0 Å². The fourth-order valence-corrected chi connectivity index (χ4v) is 1.46. The number of nitriles is 1. The molecule has 0 saturated carbocycles. The number of thioether (sulfide) groups is 1. The van der Waals surface area contributed by atoms with Crippen LogP contribution in [0.4, 0.5) is 5.82 Å². The lowest BCUT2D eigenvalue weighted by Gasteiger charge is -2.04. The molecule has 1 rings (SSSR count). The van der Waals surface area contributed by atoms with Crippen molar-refractivity contribution in [2.24, 2.45) is 0 Å². The molecule has 1 aromatic heterocycles. The zero-order valence-corrected chi connectivity index (χ0v) is 8.97. The first-order valence-electron chi connectivity index (χ1n) is 4.46. The maximum absolute atomic E-state index is 8.66. The first-order chi connectivity index (χ1) is 6.86. The van der Waals surface area contributed by atoms with Gasteiger partial charge in [-0.2, -0.15) is 17.0 Å². The summed E-state index contributed by atoms with van der Waals surface area (Å²) in [5, 5.41) is 11.8. The summed E-state index contributed by atoms with van der Waals surface area (Å²) in [6, 6.07) is 5.55. The lowest BCUT2D eigenvalue weighted by Crippen LogP contribution is -2.04. The Morgan fingerprint density at radius 2 is 2.50 bits per heavy atom. The van der Waals surface area contributed by atoms with Crippen LogP contribution in [0.1, 0.15) is 12.0 Å². The third-order valence-electron chi connectivity index (χ3n) is 1.72. The molecule has 0 bridgehead atoms. The SMILES string of the molecule is CSCCCNc1cc(C#N)ccn1. The highest BCUT2D eigenvalue weighted by molar-refractivity contribution is 7.98. The van der Waals surface area contributed by atoms with Crippen molar-refractivity contribution in [1.82, 2.24) is 4.98 Å². The van der Waals surface area contributed by atoms with Gasteiger partial charge in [-0.3, -0.25) is 0 Å². The van der Waals surface area contributed by atoms with Gasteiger partial charge in [0.2, 0.25) is 0 Å². The van der Waals surface area contributed by atoms with Crippen LogP contribution >= 0.6 is 11.8 Å². The lowest BCUT2D eigenvalue weighted by atomic mass is 10.3. The van der Waals surface area contributed by atoms with E-state index in [1.54, 1.807) is 18.3 Å². The Labute approximate surface area is 88.5 Å². The van der Waals surface area contributed by atoms with E-state index < -0.39 is 0 Å². The highest BCUT2D eigenvalue weighted by Crippen LogP contribution is 2.05. The molecule has 0 fully saturated rings. The molecule has 3 nitrogen and oxygen atoms in total. The van der Waals surface area contributed by atoms with Gasteiger partial charge in [-0.05, 0) is 30.6 Å². The van der Waals surface area contributed by atoms with Crippen LogP contribution in [-0.2, 0) is 0 Å². The van der Waals surface area contributed by atoms with Crippen LogP contribution in [0.2, 0.25) is 0 Å². The van der Waals surface area contributed by atoms with Crippen LogP contribution in [0.3, 0.4) is 0 Å². The summed E-state index contributed by atoms with van der Waals surface area (Å²) < 4.78 is 0. The van der Waals surface area contributed by atoms with E-state index in [0.717, 1.165) is 24.5 Å². The van der Waals surface area contributed by atoms with Crippen molar-refractivity contribution < 1.29 is 0 Å². The molecule has 0 atom stereocenters. The number of hydrogen-bond acceptors (Lipinski definition) is 4. The van der Waals surface area contributed by atoms with E-state index in [1.165, 1.54) is 0 Å². The number of rotatable bonds is 5. The molecule has 14 heavy (non-hydrogen) atoms. The summed E-state index contributed by atoms with van der Waals surface area (Å²) in [5.74, 6) is 1.93. The summed E-state index contributed by atoms with van der Waals surface area (Å²) in [5.41, 5.74) is 0.646. The molecule has 4 heteroatoms. The summed E-state index contributed by atoms with van der Waals surface area (Å²) in [6.07, 6.45) is 4.85. The molecule has 0 spiro atoms. The van der Waals surface area contributed by atoms with Crippen molar-refractivity contribution in [3.8, 4) is 6.07 Å². The summed E-state index contributed by atoms with van der Waals surface area (Å²) in [7, 11) is 0. The van der Waals surface area contributed by atoms with Gasteiger partial charge in [0.1, 0.15) is 5.82 Å². The predicted octanol–water partition coefficient (Wildman–Crippen LogP) is 2.12. The molecule has 1 heterocycles. The van der Waals surface area contributed by atoms with E-state index in [2.05, 4.69) is 22.6 Å². The van der Waals surface area contributed by atoms with Crippen molar-refractivity contribution in [3.05, 3.63) is 23.9 Å². The van der Waals surface area contributed by atoms with Crippen LogP contribution in [0.15, 0.2) is 18.3 Å². The van der Waals surface area contributed by atoms with Gasteiger partial charge >= 0.3 is 0 Å². The summed E-state index contributed by atoms with van der Waals surface area (Å²) >= 11 is 1.83. The molecule has 0 aliphatic rings. The molecule has 0 radical (unpaired) electrons. The van der Waals surface area contributed by atoms with Gasteiger partial charge in [0.25, 0.3) is 0 Å². The molecule has 0 amide bonds. The Hall–Kier alpha value is -1.21. The third kappa shape index (κ3) is 3.67. The second kappa shape index (κ2) is 6.28. The maximum atomic E-state index is 8.66. The van der Waals surface area contributed by atoms with E-state index in [-0.39, 0.29) is 0 Å². The Bertz CT molecular complexity index is 319. The van der Waals surface area contributed by atoms with Gasteiger partial charge in [0.05, 0.1) is 11.6 Å². The van der Waals surface area contributed by atoms with E-state index in [0.29, 0.717) is 5.56 Å². The second-order valence-electron chi connectivity index (χ2n) is 2.81. The monoisotopic (exact) mass is 207 g/mol. The van der Waals surface area contributed by atoms with Crippen LogP contribution in [-0.4, -0.2) is 23.5 Å². The Balaban J connectivity index is 2.39. The first kappa shape index (κ1) is 10.9. The zero-order chi connectivity index (χ0) is 10.2. The minimum atomic E-state index is 0.646. The maximum Gasteiger partial charge on any atom is 0.127 e. The topological polar surface area (TPSA) is 48.7 Å². The number of aromatic nitrogens is 1. The molecular formula is C10H13N3S. The highest BCUT2D eigenvalue weighted by atomic mass is 32.2. The van der Waals surface area contributed by atoms with Crippen LogP contribution in [0.25, 0.3) is 0 Å². The second-order valence-corrected chi connectivity index (χ2v) is 3.80.